The number of hydrogen-bond acceptors (Lipinski definition) is 3. The molecular weight excluding hydrogens is 284 g/mol. The van der Waals surface area contributed by atoms with E-state index in [2.05, 4.69) is 61.8 Å². The van der Waals surface area contributed by atoms with Crippen molar-refractivity contribution in [2.75, 3.05) is 11.4 Å². The first-order chi connectivity index (χ1) is 10.8. The summed E-state index contributed by atoms with van der Waals surface area (Å²) < 4.78 is 6.19. The molecule has 2 aromatic heterocycles. The molecule has 1 saturated heterocycles. The minimum atomic E-state index is 0.125. The van der Waals surface area contributed by atoms with Gasteiger partial charge in [0.15, 0.2) is 5.58 Å². The van der Waals surface area contributed by atoms with E-state index < -0.39 is 0 Å². The number of para-hydroxylation sites is 1. The highest BCUT2D eigenvalue weighted by Crippen LogP contribution is 2.46. The lowest BCUT2D eigenvalue weighted by Gasteiger charge is -2.33. The van der Waals surface area contributed by atoms with Crippen LogP contribution in [0.5, 0.6) is 0 Å². The summed E-state index contributed by atoms with van der Waals surface area (Å²) in [7, 11) is 0. The molecule has 0 N–H and O–H groups in total. The van der Waals surface area contributed by atoms with Gasteiger partial charge in [-0.3, -0.25) is 0 Å². The Balaban J connectivity index is 1.96. The normalized spacial score (nSPS) is 19.8. The fourth-order valence-corrected chi connectivity index (χ4v) is 4.34. The van der Waals surface area contributed by atoms with Crippen LogP contribution >= 0.6 is 0 Å². The van der Waals surface area contributed by atoms with Gasteiger partial charge in [0.05, 0.1) is 5.69 Å². The van der Waals surface area contributed by atoms with Gasteiger partial charge in [-0.1, -0.05) is 26.0 Å². The second-order valence-corrected chi connectivity index (χ2v) is 8.30. The zero-order valence-corrected chi connectivity index (χ0v) is 14.6. The van der Waals surface area contributed by atoms with Gasteiger partial charge in [0, 0.05) is 28.6 Å². The molecule has 0 aliphatic carbocycles. The molecule has 0 spiro atoms. The Labute approximate surface area is 137 Å². The summed E-state index contributed by atoms with van der Waals surface area (Å²) in [6.45, 7) is 12.4. The number of aryl methyl sites for hydroxylation is 1. The first-order valence-electron chi connectivity index (χ1n) is 8.33. The minimum Gasteiger partial charge on any atom is -0.436 e. The molecule has 1 aliphatic rings. The van der Waals surface area contributed by atoms with E-state index in [1.165, 1.54) is 12.1 Å². The van der Waals surface area contributed by atoms with Gasteiger partial charge in [0.2, 0.25) is 5.71 Å². The fraction of sp³-hybridized carbons (Fsp3) is 0.450. The molecule has 4 rings (SSSR count). The average Bonchev–Trinajstić information content (AvgIpc) is 2.91. The highest BCUT2D eigenvalue weighted by atomic mass is 16.3. The Bertz CT molecular complexity index is 905. The van der Waals surface area contributed by atoms with Gasteiger partial charge in [-0.15, -0.1) is 0 Å². The Morgan fingerprint density at radius 1 is 1.04 bits per heavy atom. The van der Waals surface area contributed by atoms with Crippen molar-refractivity contribution in [3.63, 3.8) is 0 Å². The molecule has 0 radical (unpaired) electrons. The lowest BCUT2D eigenvalue weighted by atomic mass is 9.86. The number of anilines is 1. The third-order valence-corrected chi connectivity index (χ3v) is 5.00. The third-order valence-electron chi connectivity index (χ3n) is 5.00. The Morgan fingerprint density at radius 2 is 1.83 bits per heavy atom. The second-order valence-electron chi connectivity index (χ2n) is 8.30. The van der Waals surface area contributed by atoms with Crippen molar-refractivity contribution in [1.29, 1.82) is 0 Å². The number of rotatable bonds is 1. The van der Waals surface area contributed by atoms with Crippen LogP contribution in [-0.2, 0) is 0 Å². The van der Waals surface area contributed by atoms with Gasteiger partial charge in [0.1, 0.15) is 0 Å². The summed E-state index contributed by atoms with van der Waals surface area (Å²) in [4.78, 5) is 7.06. The predicted octanol–water partition coefficient (Wildman–Crippen LogP) is 5.30. The molecule has 3 heteroatoms. The van der Waals surface area contributed by atoms with Crippen LogP contribution < -0.4 is 4.90 Å². The molecule has 3 heterocycles. The zero-order valence-electron chi connectivity index (χ0n) is 14.6. The van der Waals surface area contributed by atoms with Crippen LogP contribution in [-0.4, -0.2) is 17.1 Å². The summed E-state index contributed by atoms with van der Waals surface area (Å²) in [5.74, 6) is 0. The monoisotopic (exact) mass is 308 g/mol. The van der Waals surface area contributed by atoms with Gasteiger partial charge in [0.25, 0.3) is 0 Å². The van der Waals surface area contributed by atoms with E-state index in [0.29, 0.717) is 5.41 Å². The molecular formula is C20H24N2O. The number of hydrogen-bond donors (Lipinski definition) is 0. The maximum atomic E-state index is 6.19. The van der Waals surface area contributed by atoms with Crippen molar-refractivity contribution < 1.29 is 4.42 Å². The van der Waals surface area contributed by atoms with Crippen molar-refractivity contribution in [2.24, 2.45) is 5.41 Å². The number of benzene rings is 1. The maximum absolute atomic E-state index is 6.19. The van der Waals surface area contributed by atoms with Crippen LogP contribution in [0.4, 0.5) is 5.69 Å². The van der Waals surface area contributed by atoms with Crippen LogP contribution in [0.3, 0.4) is 0 Å². The average molecular weight is 308 g/mol. The van der Waals surface area contributed by atoms with E-state index in [0.717, 1.165) is 34.3 Å². The van der Waals surface area contributed by atoms with E-state index in [9.17, 15) is 0 Å². The van der Waals surface area contributed by atoms with Crippen LogP contribution in [0.1, 0.15) is 39.8 Å². The van der Waals surface area contributed by atoms with Crippen molar-refractivity contribution in [3.8, 4) is 0 Å². The summed E-state index contributed by atoms with van der Waals surface area (Å²) in [5, 5.41) is 2.26. The maximum Gasteiger partial charge on any atom is 0.227 e. The number of pyridine rings is 1. The zero-order chi connectivity index (χ0) is 16.4. The van der Waals surface area contributed by atoms with E-state index in [1.807, 2.05) is 13.0 Å². The lowest BCUT2D eigenvalue weighted by Crippen LogP contribution is -2.38. The number of fused-ring (bicyclic) bond motifs is 3. The summed E-state index contributed by atoms with van der Waals surface area (Å²) in [6.07, 6.45) is 1.17. The first-order valence-corrected chi connectivity index (χ1v) is 8.33. The van der Waals surface area contributed by atoms with Crippen LogP contribution in [0, 0.1) is 12.3 Å². The molecule has 0 saturated carbocycles. The van der Waals surface area contributed by atoms with Gasteiger partial charge >= 0.3 is 0 Å². The third kappa shape index (κ3) is 2.21. The summed E-state index contributed by atoms with van der Waals surface area (Å²) in [5.41, 5.74) is 4.32. The van der Waals surface area contributed by atoms with Crippen molar-refractivity contribution in [1.82, 2.24) is 4.98 Å². The van der Waals surface area contributed by atoms with E-state index >= 15 is 0 Å². The predicted molar refractivity (Wildman–Crippen MR) is 96.1 cm³/mol. The number of furan rings is 1. The lowest BCUT2D eigenvalue weighted by molar-refractivity contribution is 0.371. The molecule has 1 fully saturated rings. The van der Waals surface area contributed by atoms with Crippen LogP contribution in [0.2, 0.25) is 0 Å². The molecule has 3 nitrogen and oxygen atoms in total. The highest BCUT2D eigenvalue weighted by Gasteiger charge is 2.43. The topological polar surface area (TPSA) is 29.3 Å². The molecule has 0 atom stereocenters. The van der Waals surface area contributed by atoms with Crippen molar-refractivity contribution in [2.45, 2.75) is 46.6 Å². The second kappa shape index (κ2) is 4.50. The van der Waals surface area contributed by atoms with E-state index in [4.69, 9.17) is 4.42 Å². The highest BCUT2D eigenvalue weighted by molar-refractivity contribution is 6.08. The largest absolute Gasteiger partial charge is 0.436 e. The molecule has 23 heavy (non-hydrogen) atoms. The van der Waals surface area contributed by atoms with Crippen molar-refractivity contribution >= 4 is 27.8 Å². The van der Waals surface area contributed by atoms with Gasteiger partial charge in [-0.25, -0.2) is 4.98 Å². The standard InChI is InChI=1S/C20H24N2O/c1-13-9-10-15-14-7-6-8-16(17(14)23-18(15)21-13)22-12-19(2,3)11-20(22,4)5/h6-10H,11-12H2,1-5H3. The smallest absolute Gasteiger partial charge is 0.227 e. The Hall–Kier alpha value is -2.03. The summed E-state index contributed by atoms with van der Waals surface area (Å²) in [6, 6.07) is 10.6. The quantitative estimate of drug-likeness (QED) is 0.610. The van der Waals surface area contributed by atoms with Crippen LogP contribution in [0.25, 0.3) is 22.1 Å². The Morgan fingerprint density at radius 3 is 2.52 bits per heavy atom. The molecule has 0 unspecified atom stereocenters. The van der Waals surface area contributed by atoms with Crippen LogP contribution in [0.15, 0.2) is 34.7 Å². The molecule has 0 bridgehead atoms. The number of nitrogens with zero attached hydrogens (tertiary/aromatic N) is 2. The van der Waals surface area contributed by atoms with E-state index in [1.54, 1.807) is 0 Å². The molecule has 120 valence electrons. The van der Waals surface area contributed by atoms with Gasteiger partial charge in [-0.2, -0.15) is 0 Å². The van der Waals surface area contributed by atoms with Crippen molar-refractivity contribution in [3.05, 3.63) is 36.0 Å². The Kier molecular flexibility index (Phi) is 2.85. The van der Waals surface area contributed by atoms with E-state index in [-0.39, 0.29) is 5.54 Å². The number of aromatic nitrogens is 1. The minimum absolute atomic E-state index is 0.125. The fourth-order valence-electron chi connectivity index (χ4n) is 4.34. The molecule has 0 amide bonds. The SMILES string of the molecule is Cc1ccc2c(n1)oc1c(N3CC(C)(C)CC3(C)C)cccc12. The van der Waals surface area contributed by atoms with Gasteiger partial charge < -0.3 is 9.32 Å². The first kappa shape index (κ1) is 14.6. The molecule has 1 aromatic carbocycles. The molecule has 3 aromatic rings. The van der Waals surface area contributed by atoms with Gasteiger partial charge in [-0.05, 0) is 50.8 Å². The summed E-state index contributed by atoms with van der Waals surface area (Å²) >= 11 is 0. The molecule has 1 aliphatic heterocycles.